The molecule has 1 aromatic carbocycles. The molecule has 0 fully saturated rings. The fourth-order valence-corrected chi connectivity index (χ4v) is 2.88. The molecule has 1 N–H and O–H groups in total. The van der Waals surface area contributed by atoms with E-state index in [1.54, 1.807) is 0 Å². The minimum atomic E-state index is -0.138. The highest BCUT2D eigenvalue weighted by atomic mass is 16.3. The first kappa shape index (κ1) is 16.6. The van der Waals surface area contributed by atoms with E-state index in [2.05, 4.69) is 37.9 Å². The first-order valence-corrected chi connectivity index (χ1v) is 7.94. The Morgan fingerprint density at radius 2 is 1.82 bits per heavy atom. The lowest BCUT2D eigenvalue weighted by Gasteiger charge is -2.30. The zero-order valence-corrected chi connectivity index (χ0v) is 14.1. The van der Waals surface area contributed by atoms with E-state index in [1.165, 1.54) is 0 Å². The Kier molecular flexibility index (Phi) is 5.24. The average molecular weight is 302 g/mol. The molecule has 0 aliphatic carbocycles. The third kappa shape index (κ3) is 3.50. The van der Waals surface area contributed by atoms with E-state index in [0.717, 1.165) is 23.1 Å². The minimum absolute atomic E-state index is 0.138. The van der Waals surface area contributed by atoms with Gasteiger partial charge in [-0.25, -0.2) is 0 Å². The molecule has 1 amide bonds. The van der Waals surface area contributed by atoms with Crippen LogP contribution in [-0.2, 0) is 0 Å². The largest absolute Gasteiger partial charge is 0.451 e. The Bertz CT molecular complexity index is 636. The van der Waals surface area contributed by atoms with Gasteiger partial charge in [-0.1, -0.05) is 18.2 Å². The van der Waals surface area contributed by atoms with E-state index < -0.39 is 0 Å². The Labute approximate surface area is 132 Å². The van der Waals surface area contributed by atoms with Gasteiger partial charge in [0.05, 0.1) is 0 Å². The number of para-hydroxylation sites is 1. The van der Waals surface area contributed by atoms with Crippen LogP contribution in [0.3, 0.4) is 0 Å². The first-order chi connectivity index (χ1) is 10.4. The zero-order valence-electron chi connectivity index (χ0n) is 14.1. The maximum absolute atomic E-state index is 12.3. The molecule has 0 saturated carbocycles. The molecule has 0 atom stereocenters. The molecule has 0 saturated heterocycles. The third-order valence-corrected chi connectivity index (χ3v) is 4.03. The number of furan rings is 1. The summed E-state index contributed by atoms with van der Waals surface area (Å²) in [5.74, 6) is 0.281. The second kappa shape index (κ2) is 6.97. The number of rotatable bonds is 6. The number of nitrogens with one attached hydrogen (secondary N) is 1. The number of fused-ring (bicyclic) bond motifs is 1. The van der Waals surface area contributed by atoms with Crippen molar-refractivity contribution in [3.05, 3.63) is 35.6 Å². The van der Waals surface area contributed by atoms with Crippen LogP contribution >= 0.6 is 0 Å². The van der Waals surface area contributed by atoms with Crippen molar-refractivity contribution in [2.45, 2.75) is 46.7 Å². The van der Waals surface area contributed by atoms with Crippen molar-refractivity contribution in [3.8, 4) is 0 Å². The van der Waals surface area contributed by atoms with Crippen LogP contribution in [0.2, 0.25) is 0 Å². The number of aryl methyl sites for hydroxylation is 1. The summed E-state index contributed by atoms with van der Waals surface area (Å²) < 4.78 is 5.69. The number of benzene rings is 1. The predicted octanol–water partition coefficient (Wildman–Crippen LogP) is 3.59. The van der Waals surface area contributed by atoms with E-state index in [0.29, 0.717) is 24.4 Å². The van der Waals surface area contributed by atoms with E-state index in [1.807, 2.05) is 31.2 Å². The van der Waals surface area contributed by atoms with E-state index in [4.69, 9.17) is 4.42 Å². The summed E-state index contributed by atoms with van der Waals surface area (Å²) in [6.07, 6.45) is 0. The van der Waals surface area contributed by atoms with Crippen LogP contribution < -0.4 is 5.32 Å². The lowest BCUT2D eigenvalue weighted by molar-refractivity contribution is 0.0913. The van der Waals surface area contributed by atoms with Gasteiger partial charge in [0.1, 0.15) is 5.58 Å². The molecule has 0 aliphatic rings. The van der Waals surface area contributed by atoms with Crippen LogP contribution in [0.1, 0.15) is 43.8 Å². The molecule has 0 radical (unpaired) electrons. The topological polar surface area (TPSA) is 45.5 Å². The Balaban J connectivity index is 2.01. The third-order valence-electron chi connectivity index (χ3n) is 4.03. The molecule has 0 unspecified atom stereocenters. The number of amides is 1. The lowest BCUT2D eigenvalue weighted by atomic mass is 10.1. The van der Waals surface area contributed by atoms with Crippen LogP contribution in [0.5, 0.6) is 0 Å². The summed E-state index contributed by atoms with van der Waals surface area (Å²) in [6, 6.07) is 8.66. The van der Waals surface area contributed by atoms with Gasteiger partial charge < -0.3 is 9.73 Å². The van der Waals surface area contributed by atoms with Crippen LogP contribution in [0.25, 0.3) is 11.0 Å². The summed E-state index contributed by atoms with van der Waals surface area (Å²) >= 11 is 0. The van der Waals surface area contributed by atoms with Crippen LogP contribution in [0.4, 0.5) is 0 Å². The van der Waals surface area contributed by atoms with Crippen molar-refractivity contribution in [2.75, 3.05) is 13.1 Å². The monoisotopic (exact) mass is 302 g/mol. The molecule has 2 rings (SSSR count). The summed E-state index contributed by atoms with van der Waals surface area (Å²) in [5, 5.41) is 3.97. The fraction of sp³-hybridized carbons (Fsp3) is 0.500. The Morgan fingerprint density at radius 1 is 1.18 bits per heavy atom. The SMILES string of the molecule is Cc1c(C(=O)NCCN(C(C)C)C(C)C)oc2ccccc12. The second-order valence-corrected chi connectivity index (χ2v) is 6.23. The molecule has 4 heteroatoms. The average Bonchev–Trinajstić information content (AvgIpc) is 2.80. The van der Waals surface area contributed by atoms with Gasteiger partial charge >= 0.3 is 0 Å². The number of hydrogen-bond donors (Lipinski definition) is 1. The van der Waals surface area contributed by atoms with Crippen molar-refractivity contribution in [1.82, 2.24) is 10.2 Å². The van der Waals surface area contributed by atoms with Crippen molar-refractivity contribution >= 4 is 16.9 Å². The van der Waals surface area contributed by atoms with Gasteiger partial charge in [-0.3, -0.25) is 9.69 Å². The molecule has 22 heavy (non-hydrogen) atoms. The van der Waals surface area contributed by atoms with Crippen LogP contribution in [0, 0.1) is 6.92 Å². The smallest absolute Gasteiger partial charge is 0.287 e. The van der Waals surface area contributed by atoms with Gasteiger partial charge in [0.15, 0.2) is 5.76 Å². The van der Waals surface area contributed by atoms with Crippen LogP contribution in [-0.4, -0.2) is 36.0 Å². The summed E-state index contributed by atoms with van der Waals surface area (Å²) in [7, 11) is 0. The number of carbonyl (C=O) groups is 1. The maximum Gasteiger partial charge on any atom is 0.287 e. The van der Waals surface area contributed by atoms with Crippen molar-refractivity contribution in [3.63, 3.8) is 0 Å². The normalized spacial score (nSPS) is 11.8. The Morgan fingerprint density at radius 3 is 2.41 bits per heavy atom. The number of carbonyl (C=O) groups excluding carboxylic acids is 1. The quantitative estimate of drug-likeness (QED) is 0.887. The van der Waals surface area contributed by atoms with Gasteiger partial charge in [-0.15, -0.1) is 0 Å². The summed E-state index contributed by atoms with van der Waals surface area (Å²) in [5.41, 5.74) is 1.66. The van der Waals surface area contributed by atoms with Gasteiger partial charge in [-0.05, 0) is 40.7 Å². The Hall–Kier alpha value is -1.81. The van der Waals surface area contributed by atoms with E-state index in [-0.39, 0.29) is 5.91 Å². The maximum atomic E-state index is 12.3. The molecule has 0 bridgehead atoms. The van der Waals surface area contributed by atoms with Crippen molar-refractivity contribution < 1.29 is 9.21 Å². The van der Waals surface area contributed by atoms with Crippen molar-refractivity contribution in [1.29, 1.82) is 0 Å². The molecular formula is C18H26N2O2. The first-order valence-electron chi connectivity index (χ1n) is 7.94. The molecule has 0 aliphatic heterocycles. The minimum Gasteiger partial charge on any atom is -0.451 e. The molecule has 1 aromatic heterocycles. The lowest BCUT2D eigenvalue weighted by Crippen LogP contribution is -2.42. The van der Waals surface area contributed by atoms with Gasteiger partial charge in [0.2, 0.25) is 0 Å². The van der Waals surface area contributed by atoms with Crippen LogP contribution in [0.15, 0.2) is 28.7 Å². The van der Waals surface area contributed by atoms with E-state index >= 15 is 0 Å². The second-order valence-electron chi connectivity index (χ2n) is 6.23. The molecule has 2 aromatic rings. The molecular weight excluding hydrogens is 276 g/mol. The zero-order chi connectivity index (χ0) is 16.3. The standard InChI is InChI=1S/C18H26N2O2/c1-12(2)20(13(3)4)11-10-19-18(21)17-14(5)15-8-6-7-9-16(15)22-17/h6-9,12-13H,10-11H2,1-5H3,(H,19,21). The highest BCUT2D eigenvalue weighted by Gasteiger charge is 2.18. The summed E-state index contributed by atoms with van der Waals surface area (Å²) in [4.78, 5) is 14.7. The molecule has 120 valence electrons. The highest BCUT2D eigenvalue weighted by Crippen LogP contribution is 2.24. The number of hydrogen-bond acceptors (Lipinski definition) is 3. The summed E-state index contributed by atoms with van der Waals surface area (Å²) in [6.45, 7) is 12.1. The van der Waals surface area contributed by atoms with Gasteiger partial charge in [0, 0.05) is 36.1 Å². The fourth-order valence-electron chi connectivity index (χ4n) is 2.88. The predicted molar refractivity (Wildman–Crippen MR) is 90.3 cm³/mol. The highest BCUT2D eigenvalue weighted by molar-refractivity contribution is 5.98. The molecule has 1 heterocycles. The van der Waals surface area contributed by atoms with Gasteiger partial charge in [0.25, 0.3) is 5.91 Å². The van der Waals surface area contributed by atoms with Crippen molar-refractivity contribution in [2.24, 2.45) is 0 Å². The molecule has 0 spiro atoms. The number of nitrogens with zero attached hydrogens (tertiary/aromatic N) is 1. The van der Waals surface area contributed by atoms with Gasteiger partial charge in [-0.2, -0.15) is 0 Å². The molecule has 4 nitrogen and oxygen atoms in total. The van der Waals surface area contributed by atoms with E-state index in [9.17, 15) is 4.79 Å².